The first-order valence-corrected chi connectivity index (χ1v) is 7.06. The number of halogens is 1. The molecule has 3 atom stereocenters. The van der Waals surface area contributed by atoms with Gasteiger partial charge in [0.2, 0.25) is 5.91 Å². The highest BCUT2D eigenvalue weighted by molar-refractivity contribution is 6.31. The summed E-state index contributed by atoms with van der Waals surface area (Å²) in [6, 6.07) is 7.67. The van der Waals surface area contributed by atoms with Gasteiger partial charge in [0.05, 0.1) is 12.1 Å². The zero-order valence-electron chi connectivity index (χ0n) is 11.3. The molecule has 2 rings (SSSR count). The monoisotopic (exact) mass is 281 g/mol. The lowest BCUT2D eigenvalue weighted by Crippen LogP contribution is -2.49. The van der Waals surface area contributed by atoms with Crippen LogP contribution in [0.2, 0.25) is 5.02 Å². The molecule has 1 fully saturated rings. The molecule has 0 heterocycles. The highest BCUT2D eigenvalue weighted by Crippen LogP contribution is 2.49. The van der Waals surface area contributed by atoms with Crippen molar-refractivity contribution in [3.63, 3.8) is 0 Å². The van der Waals surface area contributed by atoms with E-state index in [4.69, 9.17) is 11.6 Å². The van der Waals surface area contributed by atoms with Crippen LogP contribution in [0.15, 0.2) is 24.3 Å². The maximum atomic E-state index is 12.2. The zero-order valence-corrected chi connectivity index (χ0v) is 12.1. The first-order valence-electron chi connectivity index (χ1n) is 6.68. The van der Waals surface area contributed by atoms with Crippen LogP contribution < -0.4 is 5.32 Å². The number of benzene rings is 1. The van der Waals surface area contributed by atoms with Crippen molar-refractivity contribution in [2.45, 2.75) is 38.1 Å². The fourth-order valence-corrected chi connectivity index (χ4v) is 2.51. The number of nitrogens with one attached hydrogen (secondary N) is 1. The molecule has 1 aromatic rings. The third kappa shape index (κ3) is 3.10. The van der Waals surface area contributed by atoms with Gasteiger partial charge < -0.3 is 10.4 Å². The Labute approximate surface area is 119 Å². The van der Waals surface area contributed by atoms with Crippen LogP contribution in [0.4, 0.5) is 0 Å². The highest BCUT2D eigenvalue weighted by atomic mass is 35.5. The van der Waals surface area contributed by atoms with Crippen LogP contribution in [0.1, 0.15) is 38.2 Å². The smallest absolute Gasteiger partial charge is 0.224 e. The fourth-order valence-electron chi connectivity index (χ4n) is 2.23. The van der Waals surface area contributed by atoms with Gasteiger partial charge in [0.25, 0.3) is 0 Å². The molecular weight excluding hydrogens is 262 g/mol. The minimum atomic E-state index is -0.523. The second-order valence-corrected chi connectivity index (χ2v) is 5.94. The van der Waals surface area contributed by atoms with Gasteiger partial charge >= 0.3 is 0 Å². The molecule has 0 saturated heterocycles. The lowest BCUT2D eigenvalue weighted by Gasteiger charge is -2.27. The quantitative estimate of drug-likeness (QED) is 0.872. The SMILES string of the molecule is CCC(C)(CO)NC(=O)C1CC1c1ccccc1Cl. The zero-order chi connectivity index (χ0) is 14.0. The van der Waals surface area contributed by atoms with Crippen LogP contribution in [0.3, 0.4) is 0 Å². The lowest BCUT2D eigenvalue weighted by molar-refractivity contribution is -0.124. The normalized spacial score (nSPS) is 24.6. The van der Waals surface area contributed by atoms with Crippen molar-refractivity contribution >= 4 is 17.5 Å². The summed E-state index contributed by atoms with van der Waals surface area (Å²) in [5, 5.41) is 13.0. The Hall–Kier alpha value is -1.06. The van der Waals surface area contributed by atoms with Crippen LogP contribution in [0, 0.1) is 5.92 Å². The number of carbonyl (C=O) groups excluding carboxylic acids is 1. The summed E-state index contributed by atoms with van der Waals surface area (Å²) in [5.74, 6) is 0.217. The van der Waals surface area contributed by atoms with Gasteiger partial charge in [0, 0.05) is 10.9 Å². The van der Waals surface area contributed by atoms with Gasteiger partial charge in [-0.1, -0.05) is 36.7 Å². The lowest BCUT2D eigenvalue weighted by atomic mass is 9.99. The van der Waals surface area contributed by atoms with E-state index in [0.717, 1.165) is 17.0 Å². The van der Waals surface area contributed by atoms with Gasteiger partial charge in [-0.05, 0) is 37.3 Å². The van der Waals surface area contributed by atoms with Crippen molar-refractivity contribution in [2.75, 3.05) is 6.61 Å². The van der Waals surface area contributed by atoms with E-state index in [2.05, 4.69) is 5.32 Å². The Kier molecular flexibility index (Phi) is 4.16. The number of hydrogen-bond donors (Lipinski definition) is 2. The molecule has 0 aromatic heterocycles. The summed E-state index contributed by atoms with van der Waals surface area (Å²) in [6.07, 6.45) is 1.54. The standard InChI is InChI=1S/C15H20ClNO2/c1-3-15(2,9-18)17-14(19)12-8-11(12)10-6-4-5-7-13(10)16/h4-7,11-12,18H,3,8-9H2,1-2H3,(H,17,19). The first-order chi connectivity index (χ1) is 9.00. The molecule has 0 aliphatic heterocycles. The van der Waals surface area contributed by atoms with Crippen molar-refractivity contribution < 1.29 is 9.90 Å². The van der Waals surface area contributed by atoms with Gasteiger partial charge in [-0.15, -0.1) is 0 Å². The van der Waals surface area contributed by atoms with Gasteiger partial charge in [0.15, 0.2) is 0 Å². The van der Waals surface area contributed by atoms with Gasteiger partial charge in [-0.3, -0.25) is 4.79 Å². The number of aliphatic hydroxyl groups excluding tert-OH is 1. The maximum absolute atomic E-state index is 12.2. The Balaban J connectivity index is 2.00. The Bertz CT molecular complexity index is 471. The first kappa shape index (κ1) is 14.4. The van der Waals surface area contributed by atoms with E-state index in [0.29, 0.717) is 6.42 Å². The molecule has 19 heavy (non-hydrogen) atoms. The molecule has 3 unspecified atom stereocenters. The minimum Gasteiger partial charge on any atom is -0.394 e. The summed E-state index contributed by atoms with van der Waals surface area (Å²) in [6.45, 7) is 3.77. The van der Waals surface area contributed by atoms with Gasteiger partial charge in [0.1, 0.15) is 0 Å². The van der Waals surface area contributed by atoms with Crippen LogP contribution in [0.25, 0.3) is 0 Å². The third-order valence-corrected chi connectivity index (χ3v) is 4.33. The van der Waals surface area contributed by atoms with E-state index in [1.807, 2.05) is 38.1 Å². The molecule has 0 spiro atoms. The molecule has 1 aliphatic carbocycles. The molecule has 104 valence electrons. The van der Waals surface area contributed by atoms with Crippen molar-refractivity contribution in [2.24, 2.45) is 5.92 Å². The van der Waals surface area contributed by atoms with Gasteiger partial charge in [-0.25, -0.2) is 0 Å². The average molecular weight is 282 g/mol. The molecular formula is C15H20ClNO2. The summed E-state index contributed by atoms with van der Waals surface area (Å²) in [5.41, 5.74) is 0.525. The van der Waals surface area contributed by atoms with E-state index < -0.39 is 5.54 Å². The Morgan fingerprint density at radius 2 is 2.21 bits per heavy atom. The maximum Gasteiger partial charge on any atom is 0.224 e. The number of rotatable bonds is 5. The predicted octanol–water partition coefficient (Wildman–Crippen LogP) is 2.72. The van der Waals surface area contributed by atoms with E-state index in [1.54, 1.807) is 0 Å². The Morgan fingerprint density at radius 1 is 1.53 bits per heavy atom. The molecule has 0 bridgehead atoms. The van der Waals surface area contributed by atoms with E-state index in [9.17, 15) is 9.90 Å². The predicted molar refractivity (Wildman–Crippen MR) is 76.2 cm³/mol. The molecule has 1 saturated carbocycles. The van der Waals surface area contributed by atoms with E-state index >= 15 is 0 Å². The molecule has 2 N–H and O–H groups in total. The van der Waals surface area contributed by atoms with Crippen LogP contribution in [0.5, 0.6) is 0 Å². The van der Waals surface area contributed by atoms with Crippen molar-refractivity contribution in [1.29, 1.82) is 0 Å². The Morgan fingerprint density at radius 3 is 2.79 bits per heavy atom. The van der Waals surface area contributed by atoms with E-state index in [1.165, 1.54) is 0 Å². The summed E-state index contributed by atoms with van der Waals surface area (Å²) < 4.78 is 0. The second-order valence-electron chi connectivity index (χ2n) is 5.53. The van der Waals surface area contributed by atoms with Gasteiger partial charge in [-0.2, -0.15) is 0 Å². The summed E-state index contributed by atoms with van der Waals surface area (Å²) in [7, 11) is 0. The molecule has 1 aliphatic rings. The molecule has 1 amide bonds. The molecule has 4 heteroatoms. The van der Waals surface area contributed by atoms with Crippen LogP contribution in [-0.4, -0.2) is 23.2 Å². The highest BCUT2D eigenvalue weighted by Gasteiger charge is 2.46. The van der Waals surface area contributed by atoms with E-state index in [-0.39, 0.29) is 24.3 Å². The van der Waals surface area contributed by atoms with Crippen molar-refractivity contribution in [1.82, 2.24) is 5.32 Å². The third-order valence-electron chi connectivity index (χ3n) is 3.99. The van der Waals surface area contributed by atoms with Crippen LogP contribution >= 0.6 is 11.6 Å². The van der Waals surface area contributed by atoms with Crippen molar-refractivity contribution in [3.8, 4) is 0 Å². The largest absolute Gasteiger partial charge is 0.394 e. The number of amides is 1. The van der Waals surface area contributed by atoms with Crippen LogP contribution in [-0.2, 0) is 4.79 Å². The molecule has 3 nitrogen and oxygen atoms in total. The van der Waals surface area contributed by atoms with Crippen molar-refractivity contribution in [3.05, 3.63) is 34.9 Å². The fraction of sp³-hybridized carbons (Fsp3) is 0.533. The topological polar surface area (TPSA) is 49.3 Å². The minimum absolute atomic E-state index is 0.0164. The number of carbonyl (C=O) groups is 1. The number of aliphatic hydroxyl groups is 1. The average Bonchev–Trinajstić information content (AvgIpc) is 3.19. The second kappa shape index (κ2) is 5.51. The molecule has 1 aromatic carbocycles. The summed E-state index contributed by atoms with van der Waals surface area (Å²) >= 11 is 6.15. The molecule has 0 radical (unpaired) electrons. The summed E-state index contributed by atoms with van der Waals surface area (Å²) in [4.78, 5) is 12.2. The number of hydrogen-bond acceptors (Lipinski definition) is 2.